The maximum absolute atomic E-state index is 12.5. The average molecular weight is 395 g/mol. The Hall–Kier alpha value is -2.47. The van der Waals surface area contributed by atoms with Crippen LogP contribution in [0.1, 0.15) is 11.9 Å². The van der Waals surface area contributed by atoms with Crippen molar-refractivity contribution in [2.24, 2.45) is 14.1 Å². The van der Waals surface area contributed by atoms with Gasteiger partial charge in [0.1, 0.15) is 5.01 Å². The lowest BCUT2D eigenvalue weighted by Crippen LogP contribution is -2.37. The molecular formula is C14H17N7O3S2. The van der Waals surface area contributed by atoms with Gasteiger partial charge in [-0.3, -0.25) is 24.0 Å². The van der Waals surface area contributed by atoms with Crippen LogP contribution in [0.3, 0.4) is 0 Å². The SMILES string of the molecule is CCn1c(SCC(=O)Nc2nnc(C)s2)nc2c1c(=O)n(C)c(=O)n2C. The standard InChI is InChI=1S/C14H17N7O3S2/c1-5-21-9-10(19(3)14(24)20(4)11(9)23)16-13(21)25-6-8(22)15-12-18-17-7(2)26-12/h5-6H2,1-4H3,(H,15,18,22). The van der Waals surface area contributed by atoms with Gasteiger partial charge in [-0.05, 0) is 13.8 Å². The van der Waals surface area contributed by atoms with Gasteiger partial charge in [-0.1, -0.05) is 23.1 Å². The second-order valence-electron chi connectivity index (χ2n) is 5.48. The number of fused-ring (bicyclic) bond motifs is 1. The zero-order valence-corrected chi connectivity index (χ0v) is 16.3. The average Bonchev–Trinajstić information content (AvgIpc) is 3.19. The molecule has 0 bridgehead atoms. The summed E-state index contributed by atoms with van der Waals surface area (Å²) in [6, 6.07) is 0. The molecule has 0 fully saturated rings. The van der Waals surface area contributed by atoms with E-state index in [4.69, 9.17) is 0 Å². The molecule has 0 aromatic carbocycles. The second-order valence-corrected chi connectivity index (χ2v) is 7.60. The summed E-state index contributed by atoms with van der Waals surface area (Å²) < 4.78 is 4.09. The lowest BCUT2D eigenvalue weighted by Gasteiger charge is -2.06. The van der Waals surface area contributed by atoms with E-state index < -0.39 is 11.2 Å². The third-order valence-corrected chi connectivity index (χ3v) is 5.46. The quantitative estimate of drug-likeness (QED) is 0.619. The van der Waals surface area contributed by atoms with Crippen molar-refractivity contribution >= 4 is 45.3 Å². The van der Waals surface area contributed by atoms with Gasteiger partial charge >= 0.3 is 5.69 Å². The van der Waals surface area contributed by atoms with Gasteiger partial charge in [0.15, 0.2) is 16.3 Å². The zero-order valence-electron chi connectivity index (χ0n) is 14.6. The van der Waals surface area contributed by atoms with Crippen molar-refractivity contribution in [3.63, 3.8) is 0 Å². The van der Waals surface area contributed by atoms with Gasteiger partial charge in [-0.25, -0.2) is 9.78 Å². The van der Waals surface area contributed by atoms with Crippen LogP contribution in [-0.4, -0.2) is 40.5 Å². The summed E-state index contributed by atoms with van der Waals surface area (Å²) in [5, 5.41) is 12.1. The third-order valence-electron chi connectivity index (χ3n) is 3.73. The van der Waals surface area contributed by atoms with Crippen molar-refractivity contribution in [3.8, 4) is 0 Å². The Bertz CT molecular complexity index is 1110. The molecule has 3 rings (SSSR count). The Morgan fingerprint density at radius 2 is 1.96 bits per heavy atom. The van der Waals surface area contributed by atoms with E-state index in [1.165, 1.54) is 34.7 Å². The Labute approximate surface area is 155 Å². The van der Waals surface area contributed by atoms with Crippen molar-refractivity contribution in [3.05, 3.63) is 25.8 Å². The molecule has 0 aliphatic carbocycles. The van der Waals surface area contributed by atoms with Crippen LogP contribution in [0.25, 0.3) is 11.2 Å². The predicted octanol–water partition coefficient (Wildman–Crippen LogP) is 0.344. The molecule has 0 unspecified atom stereocenters. The number of imidazole rings is 1. The Kier molecular flexibility index (Phi) is 4.96. The largest absolute Gasteiger partial charge is 0.332 e. The molecule has 0 aliphatic rings. The van der Waals surface area contributed by atoms with E-state index in [1.807, 2.05) is 6.92 Å². The fourth-order valence-electron chi connectivity index (χ4n) is 2.46. The topological polar surface area (TPSA) is 117 Å². The molecule has 3 aromatic rings. The van der Waals surface area contributed by atoms with E-state index in [2.05, 4.69) is 20.5 Å². The first-order valence-electron chi connectivity index (χ1n) is 7.72. The van der Waals surface area contributed by atoms with E-state index in [-0.39, 0.29) is 11.7 Å². The number of nitrogens with one attached hydrogen (secondary N) is 1. The van der Waals surface area contributed by atoms with Gasteiger partial charge in [0.05, 0.1) is 5.75 Å². The minimum absolute atomic E-state index is 0.0935. The molecule has 12 heteroatoms. The van der Waals surface area contributed by atoms with E-state index >= 15 is 0 Å². The normalized spacial score (nSPS) is 11.2. The number of nitrogens with zero attached hydrogens (tertiary/aromatic N) is 6. The first kappa shape index (κ1) is 18.3. The number of rotatable bonds is 5. The van der Waals surface area contributed by atoms with Crippen molar-refractivity contribution in [2.45, 2.75) is 25.5 Å². The summed E-state index contributed by atoms with van der Waals surface area (Å²) in [5.41, 5.74) is -0.190. The van der Waals surface area contributed by atoms with E-state index in [1.54, 1.807) is 18.5 Å². The molecule has 0 saturated carbocycles. The van der Waals surface area contributed by atoms with E-state index in [9.17, 15) is 14.4 Å². The highest BCUT2D eigenvalue weighted by Crippen LogP contribution is 2.22. The van der Waals surface area contributed by atoms with Crippen LogP contribution < -0.4 is 16.6 Å². The van der Waals surface area contributed by atoms with Crippen LogP contribution in [0, 0.1) is 6.92 Å². The molecular weight excluding hydrogens is 378 g/mol. The lowest BCUT2D eigenvalue weighted by molar-refractivity contribution is -0.113. The highest BCUT2D eigenvalue weighted by Gasteiger charge is 2.19. The summed E-state index contributed by atoms with van der Waals surface area (Å²) in [4.78, 5) is 41.0. The Morgan fingerprint density at radius 3 is 2.58 bits per heavy atom. The number of carbonyl (C=O) groups excluding carboxylic acids is 1. The molecule has 0 saturated heterocycles. The minimum atomic E-state index is -0.441. The van der Waals surface area contributed by atoms with Crippen molar-refractivity contribution < 1.29 is 4.79 Å². The number of anilines is 1. The maximum atomic E-state index is 12.5. The Balaban J connectivity index is 1.89. The molecule has 3 aromatic heterocycles. The summed E-state index contributed by atoms with van der Waals surface area (Å²) in [6.45, 7) is 4.17. The number of hydrogen-bond donors (Lipinski definition) is 1. The highest BCUT2D eigenvalue weighted by atomic mass is 32.2. The molecule has 26 heavy (non-hydrogen) atoms. The Morgan fingerprint density at radius 1 is 1.23 bits per heavy atom. The maximum Gasteiger partial charge on any atom is 0.332 e. The monoisotopic (exact) mass is 395 g/mol. The molecule has 138 valence electrons. The van der Waals surface area contributed by atoms with Gasteiger partial charge in [0, 0.05) is 20.6 Å². The van der Waals surface area contributed by atoms with Crippen LogP contribution in [0.4, 0.5) is 5.13 Å². The van der Waals surface area contributed by atoms with Crippen LogP contribution in [0.5, 0.6) is 0 Å². The predicted molar refractivity (Wildman–Crippen MR) is 99.9 cm³/mol. The summed E-state index contributed by atoms with van der Waals surface area (Å²) >= 11 is 2.48. The molecule has 0 atom stereocenters. The molecule has 0 radical (unpaired) electrons. The van der Waals surface area contributed by atoms with Crippen LogP contribution >= 0.6 is 23.1 Å². The molecule has 1 amide bonds. The number of aryl methyl sites for hydroxylation is 3. The van der Waals surface area contributed by atoms with Gasteiger partial charge in [-0.15, -0.1) is 10.2 Å². The van der Waals surface area contributed by atoms with E-state index in [0.29, 0.717) is 28.0 Å². The highest BCUT2D eigenvalue weighted by molar-refractivity contribution is 7.99. The van der Waals surface area contributed by atoms with Gasteiger partial charge in [0.2, 0.25) is 11.0 Å². The number of hydrogen-bond acceptors (Lipinski definition) is 8. The van der Waals surface area contributed by atoms with Gasteiger partial charge < -0.3 is 4.57 Å². The molecule has 0 aliphatic heterocycles. The number of thioether (sulfide) groups is 1. The van der Waals surface area contributed by atoms with Crippen molar-refractivity contribution in [1.29, 1.82) is 0 Å². The van der Waals surface area contributed by atoms with Crippen LogP contribution in [-0.2, 0) is 25.4 Å². The van der Waals surface area contributed by atoms with Gasteiger partial charge in [0.25, 0.3) is 5.56 Å². The molecule has 3 heterocycles. The summed E-state index contributed by atoms with van der Waals surface area (Å²) in [7, 11) is 3.00. The first-order valence-corrected chi connectivity index (χ1v) is 9.52. The van der Waals surface area contributed by atoms with Crippen LogP contribution in [0.2, 0.25) is 0 Å². The fraction of sp³-hybridized carbons (Fsp3) is 0.429. The second kappa shape index (κ2) is 7.03. The lowest BCUT2D eigenvalue weighted by atomic mass is 10.5. The smallest absolute Gasteiger partial charge is 0.313 e. The fourth-order valence-corrected chi connectivity index (χ4v) is 3.93. The van der Waals surface area contributed by atoms with E-state index in [0.717, 1.165) is 9.57 Å². The van der Waals surface area contributed by atoms with Crippen LogP contribution in [0.15, 0.2) is 14.7 Å². The molecule has 1 N–H and O–H groups in total. The number of carbonyl (C=O) groups is 1. The first-order chi connectivity index (χ1) is 12.3. The molecule has 0 spiro atoms. The van der Waals surface area contributed by atoms with Gasteiger partial charge in [-0.2, -0.15) is 0 Å². The minimum Gasteiger partial charge on any atom is -0.313 e. The molecule has 10 nitrogen and oxygen atoms in total. The summed E-state index contributed by atoms with van der Waals surface area (Å²) in [5.74, 6) is -0.154. The van der Waals surface area contributed by atoms with Crippen molar-refractivity contribution in [2.75, 3.05) is 11.1 Å². The summed E-state index contributed by atoms with van der Waals surface area (Å²) in [6.07, 6.45) is 0. The zero-order chi connectivity index (χ0) is 19.0. The van der Waals surface area contributed by atoms with Crippen molar-refractivity contribution in [1.82, 2.24) is 28.9 Å². The third kappa shape index (κ3) is 3.17. The number of aromatic nitrogens is 6. The number of amides is 1.